The highest BCUT2D eigenvalue weighted by Gasteiger charge is 2.39. The van der Waals surface area contributed by atoms with Crippen LogP contribution in [0.25, 0.3) is 10.9 Å². The lowest BCUT2D eigenvalue weighted by Crippen LogP contribution is -2.36. The summed E-state index contributed by atoms with van der Waals surface area (Å²) < 4.78 is 5.58. The topological polar surface area (TPSA) is 74.4 Å². The summed E-state index contributed by atoms with van der Waals surface area (Å²) >= 11 is 0. The molecule has 6 heteroatoms. The number of carbonyl (C=O) groups excluding carboxylic acids is 2. The van der Waals surface area contributed by atoms with Crippen molar-refractivity contribution in [3.8, 4) is 0 Å². The van der Waals surface area contributed by atoms with Crippen LogP contribution in [0, 0.1) is 6.92 Å². The van der Waals surface area contributed by atoms with E-state index in [1.165, 1.54) is 0 Å². The Balaban J connectivity index is 1.41. The second kappa shape index (κ2) is 8.19. The zero-order chi connectivity index (χ0) is 21.4. The van der Waals surface area contributed by atoms with Crippen molar-refractivity contribution in [2.24, 2.45) is 0 Å². The Morgan fingerprint density at radius 1 is 1.19 bits per heavy atom. The predicted octanol–water partition coefficient (Wildman–Crippen LogP) is 3.71. The van der Waals surface area contributed by atoms with Gasteiger partial charge in [-0.05, 0) is 37.5 Å². The fraction of sp³-hybridized carbons (Fsp3) is 0.360. The number of hydrogen-bond donors (Lipinski definition) is 2. The minimum absolute atomic E-state index is 0.0165. The van der Waals surface area contributed by atoms with Crippen molar-refractivity contribution in [3.63, 3.8) is 0 Å². The molecule has 2 aliphatic rings. The number of nitrogens with zero attached hydrogens (tertiary/aromatic N) is 1. The number of H-pyrrole nitrogens is 1. The summed E-state index contributed by atoms with van der Waals surface area (Å²) in [7, 11) is 0. The molecule has 2 aliphatic heterocycles. The van der Waals surface area contributed by atoms with Crippen LogP contribution in [0.5, 0.6) is 0 Å². The number of benzene rings is 2. The van der Waals surface area contributed by atoms with E-state index in [-0.39, 0.29) is 30.4 Å². The molecule has 0 spiro atoms. The Hall–Kier alpha value is -3.12. The van der Waals surface area contributed by atoms with Gasteiger partial charge in [0.1, 0.15) is 0 Å². The average Bonchev–Trinajstić information content (AvgIpc) is 3.48. The fourth-order valence-corrected chi connectivity index (χ4v) is 4.91. The molecule has 3 heterocycles. The Kier molecular flexibility index (Phi) is 5.24. The zero-order valence-electron chi connectivity index (χ0n) is 17.7. The second-order valence-electron chi connectivity index (χ2n) is 8.39. The fourth-order valence-electron chi connectivity index (χ4n) is 4.91. The van der Waals surface area contributed by atoms with Gasteiger partial charge >= 0.3 is 0 Å². The number of aryl methyl sites for hydroxylation is 1. The van der Waals surface area contributed by atoms with E-state index in [1.807, 2.05) is 48.2 Å². The van der Waals surface area contributed by atoms with Gasteiger partial charge in [0, 0.05) is 53.8 Å². The second-order valence-corrected chi connectivity index (χ2v) is 8.39. The lowest BCUT2D eigenvalue weighted by atomic mass is 9.95. The van der Waals surface area contributed by atoms with Crippen LogP contribution >= 0.6 is 0 Å². The van der Waals surface area contributed by atoms with Gasteiger partial charge in [-0.15, -0.1) is 0 Å². The Labute approximate surface area is 181 Å². The maximum atomic E-state index is 13.3. The van der Waals surface area contributed by atoms with Crippen LogP contribution < -0.4 is 5.32 Å². The number of rotatable bonds is 6. The van der Waals surface area contributed by atoms with Crippen molar-refractivity contribution in [1.29, 1.82) is 0 Å². The number of aromatic nitrogens is 1. The molecular weight excluding hydrogens is 390 g/mol. The van der Waals surface area contributed by atoms with Crippen LogP contribution in [0.15, 0.2) is 48.5 Å². The molecule has 2 amide bonds. The van der Waals surface area contributed by atoms with Crippen LogP contribution in [-0.4, -0.2) is 47.5 Å². The van der Waals surface area contributed by atoms with Gasteiger partial charge in [-0.1, -0.05) is 36.4 Å². The van der Waals surface area contributed by atoms with Gasteiger partial charge in [0.05, 0.1) is 12.1 Å². The Morgan fingerprint density at radius 3 is 2.84 bits per heavy atom. The van der Waals surface area contributed by atoms with E-state index in [0.717, 1.165) is 52.7 Å². The van der Waals surface area contributed by atoms with Gasteiger partial charge in [-0.25, -0.2) is 0 Å². The number of hydrogen-bond acceptors (Lipinski definition) is 3. The summed E-state index contributed by atoms with van der Waals surface area (Å²) in [5.41, 5.74) is 4.93. The van der Waals surface area contributed by atoms with E-state index in [4.69, 9.17) is 4.74 Å². The molecular formula is C25H27N3O3. The Bertz CT molecular complexity index is 1130. The first-order valence-corrected chi connectivity index (χ1v) is 11.0. The molecule has 0 unspecified atom stereocenters. The highest BCUT2D eigenvalue weighted by atomic mass is 16.5. The third-order valence-corrected chi connectivity index (χ3v) is 6.41. The zero-order valence-corrected chi connectivity index (χ0v) is 17.7. The molecule has 1 aromatic heterocycles. The molecule has 0 bridgehead atoms. The predicted molar refractivity (Wildman–Crippen MR) is 119 cm³/mol. The molecule has 1 saturated heterocycles. The Morgan fingerprint density at radius 2 is 2.00 bits per heavy atom. The summed E-state index contributed by atoms with van der Waals surface area (Å²) in [5, 5.41) is 4.08. The molecule has 1 fully saturated rings. The SMILES string of the molecule is Cc1[nH]c2ccccc2c1[C@H]1c2ccccc2C(=O)N1CCC(=O)NC[C@@H]1CCCO1. The monoisotopic (exact) mass is 417 g/mol. The van der Waals surface area contributed by atoms with Crippen molar-refractivity contribution in [2.75, 3.05) is 19.7 Å². The number of aromatic amines is 1. The molecule has 160 valence electrons. The number of ether oxygens (including phenoxy) is 1. The maximum absolute atomic E-state index is 13.3. The molecule has 31 heavy (non-hydrogen) atoms. The van der Waals surface area contributed by atoms with Gasteiger partial charge in [-0.2, -0.15) is 0 Å². The maximum Gasteiger partial charge on any atom is 0.255 e. The van der Waals surface area contributed by atoms with E-state index in [1.54, 1.807) is 0 Å². The highest BCUT2D eigenvalue weighted by molar-refractivity contribution is 6.01. The lowest BCUT2D eigenvalue weighted by Gasteiger charge is -2.26. The van der Waals surface area contributed by atoms with Crippen LogP contribution in [0.1, 0.15) is 52.5 Å². The molecule has 5 rings (SSSR count). The quantitative estimate of drug-likeness (QED) is 0.642. The smallest absolute Gasteiger partial charge is 0.255 e. The molecule has 3 aromatic rings. The number of nitrogens with one attached hydrogen (secondary N) is 2. The summed E-state index contributed by atoms with van der Waals surface area (Å²) in [6, 6.07) is 15.7. The minimum atomic E-state index is -0.203. The van der Waals surface area contributed by atoms with Crippen molar-refractivity contribution < 1.29 is 14.3 Å². The average molecular weight is 418 g/mol. The van der Waals surface area contributed by atoms with Gasteiger partial charge in [0.2, 0.25) is 5.91 Å². The standard InChI is InChI=1S/C25H27N3O3/c1-16-23(20-10-4-5-11-21(20)27-16)24-18-8-2-3-9-19(18)25(30)28(24)13-12-22(29)26-15-17-7-6-14-31-17/h2-5,8-11,17,24,27H,6-7,12-15H2,1H3,(H,26,29)/t17-,24+/m0/s1. The van der Waals surface area contributed by atoms with E-state index in [9.17, 15) is 9.59 Å². The van der Waals surface area contributed by atoms with Crippen molar-refractivity contribution >= 4 is 22.7 Å². The van der Waals surface area contributed by atoms with Crippen molar-refractivity contribution in [3.05, 3.63) is 70.9 Å². The van der Waals surface area contributed by atoms with Gasteiger partial charge in [0.15, 0.2) is 0 Å². The normalized spacial score (nSPS) is 20.4. The van der Waals surface area contributed by atoms with Crippen molar-refractivity contribution in [2.45, 2.75) is 38.3 Å². The van der Waals surface area contributed by atoms with E-state index >= 15 is 0 Å². The van der Waals surface area contributed by atoms with Crippen LogP contribution in [-0.2, 0) is 9.53 Å². The first-order valence-electron chi connectivity index (χ1n) is 11.0. The molecule has 2 atom stereocenters. The van der Waals surface area contributed by atoms with E-state index in [0.29, 0.717) is 13.1 Å². The summed E-state index contributed by atoms with van der Waals surface area (Å²) in [4.78, 5) is 31.1. The van der Waals surface area contributed by atoms with Crippen LogP contribution in [0.3, 0.4) is 0 Å². The van der Waals surface area contributed by atoms with E-state index in [2.05, 4.69) is 22.4 Å². The van der Waals surface area contributed by atoms with Crippen molar-refractivity contribution in [1.82, 2.24) is 15.2 Å². The number of carbonyl (C=O) groups is 2. The minimum Gasteiger partial charge on any atom is -0.376 e. The van der Waals surface area contributed by atoms with Crippen LogP contribution in [0.4, 0.5) is 0 Å². The molecule has 2 N–H and O–H groups in total. The number of para-hydroxylation sites is 1. The lowest BCUT2D eigenvalue weighted by molar-refractivity contribution is -0.121. The molecule has 0 saturated carbocycles. The van der Waals surface area contributed by atoms with Crippen LogP contribution in [0.2, 0.25) is 0 Å². The molecule has 2 aromatic carbocycles. The molecule has 6 nitrogen and oxygen atoms in total. The van der Waals surface area contributed by atoms with Gasteiger partial charge in [0.25, 0.3) is 5.91 Å². The summed E-state index contributed by atoms with van der Waals surface area (Å²) in [5.74, 6) is -0.0640. The van der Waals surface area contributed by atoms with E-state index < -0.39 is 0 Å². The van der Waals surface area contributed by atoms with Gasteiger partial charge < -0.3 is 19.9 Å². The third-order valence-electron chi connectivity index (χ3n) is 6.41. The highest BCUT2D eigenvalue weighted by Crippen LogP contribution is 2.42. The molecule has 0 radical (unpaired) electrons. The third kappa shape index (κ3) is 3.61. The summed E-state index contributed by atoms with van der Waals surface area (Å²) in [6.07, 6.45) is 2.42. The first-order chi connectivity index (χ1) is 15.1. The van der Waals surface area contributed by atoms with Gasteiger partial charge in [-0.3, -0.25) is 9.59 Å². The summed E-state index contributed by atoms with van der Waals surface area (Å²) in [6.45, 7) is 3.73. The number of amides is 2. The first kappa shape index (κ1) is 19.8. The number of fused-ring (bicyclic) bond motifs is 2. The molecule has 0 aliphatic carbocycles. The largest absolute Gasteiger partial charge is 0.376 e.